The van der Waals surface area contributed by atoms with Crippen molar-refractivity contribution >= 4 is 18.2 Å². The molecule has 0 amide bonds. The number of halogens is 4. The van der Waals surface area contributed by atoms with Crippen molar-refractivity contribution in [1.82, 2.24) is 9.97 Å². The van der Waals surface area contributed by atoms with Crippen LogP contribution in [0, 0.1) is 0 Å². The maximum atomic E-state index is 11.8. The van der Waals surface area contributed by atoms with Crippen LogP contribution in [-0.2, 0) is 6.18 Å². The van der Waals surface area contributed by atoms with Crippen LogP contribution in [0.5, 0.6) is 0 Å². The second kappa shape index (κ2) is 3.57. The Morgan fingerprint density at radius 1 is 1.17 bits per heavy atom. The minimum atomic E-state index is -4.44. The zero-order valence-corrected chi connectivity index (χ0v) is 6.49. The number of rotatable bonds is 0. The van der Waals surface area contributed by atoms with E-state index in [1.807, 2.05) is 0 Å². The van der Waals surface area contributed by atoms with Crippen LogP contribution in [0.1, 0.15) is 5.69 Å². The van der Waals surface area contributed by atoms with Crippen molar-refractivity contribution in [2.45, 2.75) is 6.18 Å². The summed E-state index contributed by atoms with van der Waals surface area (Å²) in [5.74, 6) is -0.0296. The first-order chi connectivity index (χ1) is 5.00. The molecule has 1 aromatic rings. The largest absolute Gasteiger partial charge is 0.434 e. The van der Waals surface area contributed by atoms with Gasteiger partial charge in [0.15, 0.2) is 5.69 Å². The summed E-state index contributed by atoms with van der Waals surface area (Å²) in [7, 11) is 0. The molecular weight excluding hydrogens is 195 g/mol. The molecule has 7 heteroatoms. The molecule has 0 atom stereocenters. The lowest BCUT2D eigenvalue weighted by atomic mass is 10.4. The number of hydrogen-bond donors (Lipinski definition) is 1. The Morgan fingerprint density at radius 3 is 2.08 bits per heavy atom. The summed E-state index contributed by atoms with van der Waals surface area (Å²) < 4.78 is 35.3. The molecule has 1 aromatic heterocycles. The normalized spacial score (nSPS) is 10.6. The van der Waals surface area contributed by atoms with Crippen molar-refractivity contribution in [3.63, 3.8) is 0 Å². The van der Waals surface area contributed by atoms with E-state index in [9.17, 15) is 13.2 Å². The second-order valence-electron chi connectivity index (χ2n) is 1.82. The predicted molar refractivity (Wildman–Crippen MR) is 38.7 cm³/mol. The molecule has 0 aliphatic rings. The third-order valence-corrected chi connectivity index (χ3v) is 0.962. The zero-order chi connectivity index (χ0) is 8.48. The number of hydrogen-bond acceptors (Lipinski definition) is 3. The smallest absolute Gasteiger partial charge is 0.382 e. The zero-order valence-electron chi connectivity index (χ0n) is 5.67. The van der Waals surface area contributed by atoms with Crippen molar-refractivity contribution in [1.29, 1.82) is 0 Å². The van der Waals surface area contributed by atoms with E-state index in [0.717, 1.165) is 6.20 Å². The average molecular weight is 200 g/mol. The summed E-state index contributed by atoms with van der Waals surface area (Å²) in [5.41, 5.74) is 3.99. The Kier molecular flexibility index (Phi) is 3.26. The molecule has 0 fully saturated rings. The first kappa shape index (κ1) is 11.0. The van der Waals surface area contributed by atoms with Crippen molar-refractivity contribution in [3.05, 3.63) is 18.1 Å². The number of nitrogen functional groups attached to an aromatic ring is 1. The standard InChI is InChI=1S/C5H4F3N3.ClH/c6-5(7,8)3-1-11-4(9)2-10-3;/h1-2H,(H2,9,11);1H. The third-order valence-electron chi connectivity index (χ3n) is 0.962. The van der Waals surface area contributed by atoms with Gasteiger partial charge >= 0.3 is 6.18 Å². The van der Waals surface area contributed by atoms with Gasteiger partial charge in [-0.2, -0.15) is 13.2 Å². The van der Waals surface area contributed by atoms with E-state index in [-0.39, 0.29) is 18.2 Å². The number of alkyl halides is 3. The molecule has 0 bridgehead atoms. The number of anilines is 1. The van der Waals surface area contributed by atoms with E-state index in [4.69, 9.17) is 5.73 Å². The number of nitrogens with zero attached hydrogens (tertiary/aromatic N) is 2. The Balaban J connectivity index is 0.00000121. The lowest BCUT2D eigenvalue weighted by Gasteiger charge is -2.03. The molecule has 0 unspecified atom stereocenters. The number of nitrogens with two attached hydrogens (primary N) is 1. The van der Waals surface area contributed by atoms with Gasteiger partial charge in [-0.15, -0.1) is 12.4 Å². The van der Waals surface area contributed by atoms with E-state index < -0.39 is 11.9 Å². The summed E-state index contributed by atoms with van der Waals surface area (Å²) >= 11 is 0. The van der Waals surface area contributed by atoms with E-state index in [1.165, 1.54) is 0 Å². The van der Waals surface area contributed by atoms with Gasteiger partial charge in [-0.1, -0.05) is 0 Å². The highest BCUT2D eigenvalue weighted by Gasteiger charge is 2.32. The quantitative estimate of drug-likeness (QED) is 0.689. The topological polar surface area (TPSA) is 51.8 Å². The molecule has 68 valence electrons. The van der Waals surface area contributed by atoms with Crippen LogP contribution in [0.3, 0.4) is 0 Å². The van der Waals surface area contributed by atoms with Gasteiger partial charge in [0.05, 0.1) is 12.4 Å². The SMILES string of the molecule is Cl.Nc1cnc(C(F)(F)F)cn1. The van der Waals surface area contributed by atoms with E-state index >= 15 is 0 Å². The first-order valence-electron chi connectivity index (χ1n) is 2.65. The van der Waals surface area contributed by atoms with Crippen LogP contribution in [-0.4, -0.2) is 9.97 Å². The van der Waals surface area contributed by atoms with E-state index in [2.05, 4.69) is 9.97 Å². The van der Waals surface area contributed by atoms with E-state index in [1.54, 1.807) is 0 Å². The fourth-order valence-corrected chi connectivity index (χ4v) is 0.484. The van der Waals surface area contributed by atoms with Gasteiger partial charge in [-0.05, 0) is 0 Å². The lowest BCUT2D eigenvalue weighted by Crippen LogP contribution is -2.08. The molecule has 0 saturated heterocycles. The van der Waals surface area contributed by atoms with Crippen LogP contribution in [0.4, 0.5) is 19.0 Å². The highest BCUT2D eigenvalue weighted by atomic mass is 35.5. The van der Waals surface area contributed by atoms with Crippen LogP contribution in [0.15, 0.2) is 12.4 Å². The highest BCUT2D eigenvalue weighted by molar-refractivity contribution is 5.85. The fraction of sp³-hybridized carbons (Fsp3) is 0.200. The molecule has 0 spiro atoms. The number of aromatic nitrogens is 2. The van der Waals surface area contributed by atoms with E-state index in [0.29, 0.717) is 6.20 Å². The maximum absolute atomic E-state index is 11.8. The van der Waals surface area contributed by atoms with Gasteiger partial charge < -0.3 is 5.73 Å². The molecule has 0 aliphatic carbocycles. The van der Waals surface area contributed by atoms with Crippen LogP contribution < -0.4 is 5.73 Å². The molecule has 0 aromatic carbocycles. The molecule has 0 saturated carbocycles. The molecule has 2 N–H and O–H groups in total. The molecule has 0 radical (unpaired) electrons. The van der Waals surface area contributed by atoms with Gasteiger partial charge in [0.2, 0.25) is 0 Å². The Morgan fingerprint density at radius 2 is 1.75 bits per heavy atom. The molecule has 0 aliphatic heterocycles. The van der Waals surface area contributed by atoms with Gasteiger partial charge in [-0.3, -0.25) is 0 Å². The van der Waals surface area contributed by atoms with Crippen LogP contribution in [0.2, 0.25) is 0 Å². The van der Waals surface area contributed by atoms with Crippen molar-refractivity contribution in [2.75, 3.05) is 5.73 Å². The molecule has 3 nitrogen and oxygen atoms in total. The summed E-state index contributed by atoms with van der Waals surface area (Å²) in [6.07, 6.45) is -2.99. The first-order valence-corrected chi connectivity index (χ1v) is 2.65. The van der Waals surface area contributed by atoms with Crippen molar-refractivity contribution in [2.24, 2.45) is 0 Å². The summed E-state index contributed by atoms with van der Waals surface area (Å²) in [5, 5.41) is 0. The summed E-state index contributed by atoms with van der Waals surface area (Å²) in [6.45, 7) is 0. The third kappa shape index (κ3) is 2.54. The molecule has 12 heavy (non-hydrogen) atoms. The molecule has 1 rings (SSSR count). The predicted octanol–water partition coefficient (Wildman–Crippen LogP) is 1.50. The van der Waals surface area contributed by atoms with Gasteiger partial charge in [0, 0.05) is 0 Å². The molecule has 1 heterocycles. The fourth-order valence-electron chi connectivity index (χ4n) is 0.484. The summed E-state index contributed by atoms with van der Waals surface area (Å²) in [6, 6.07) is 0. The van der Waals surface area contributed by atoms with Crippen LogP contribution in [0.25, 0.3) is 0 Å². The average Bonchev–Trinajstić information content (AvgIpc) is 1.86. The van der Waals surface area contributed by atoms with Crippen molar-refractivity contribution < 1.29 is 13.2 Å². The Labute approximate surface area is 72.2 Å². The van der Waals surface area contributed by atoms with Gasteiger partial charge in [0.25, 0.3) is 0 Å². The maximum Gasteiger partial charge on any atom is 0.434 e. The van der Waals surface area contributed by atoms with Crippen molar-refractivity contribution in [3.8, 4) is 0 Å². The lowest BCUT2D eigenvalue weighted by molar-refractivity contribution is -0.141. The van der Waals surface area contributed by atoms with Gasteiger partial charge in [0.1, 0.15) is 5.82 Å². The minimum absolute atomic E-state index is 0. The van der Waals surface area contributed by atoms with Crippen LogP contribution >= 0.6 is 12.4 Å². The second-order valence-corrected chi connectivity index (χ2v) is 1.82. The Bertz CT molecular complexity index is 245. The monoisotopic (exact) mass is 199 g/mol. The Hall–Kier alpha value is -1.04. The highest BCUT2D eigenvalue weighted by Crippen LogP contribution is 2.26. The van der Waals surface area contributed by atoms with Gasteiger partial charge in [-0.25, -0.2) is 9.97 Å². The minimum Gasteiger partial charge on any atom is -0.382 e. The summed E-state index contributed by atoms with van der Waals surface area (Å²) in [4.78, 5) is 6.28. The molecular formula is C5H5ClF3N3.